The molecule has 1 aliphatic rings. The number of hydrogen-bond donors (Lipinski definition) is 1. The number of piperidine rings is 1. The lowest BCUT2D eigenvalue weighted by Gasteiger charge is -2.26. The number of benzene rings is 1. The van der Waals surface area contributed by atoms with Crippen LogP contribution < -0.4 is 10.5 Å². The monoisotopic (exact) mass is 296 g/mol. The van der Waals surface area contributed by atoms with Crippen LogP contribution in [-0.2, 0) is 11.2 Å². The Morgan fingerprint density at radius 2 is 2.05 bits per heavy atom. The van der Waals surface area contributed by atoms with E-state index >= 15 is 0 Å². The van der Waals surface area contributed by atoms with E-state index in [4.69, 9.17) is 22.1 Å². The van der Waals surface area contributed by atoms with Gasteiger partial charge in [0, 0.05) is 18.1 Å². The van der Waals surface area contributed by atoms with Crippen molar-refractivity contribution in [3.05, 3.63) is 28.8 Å². The summed E-state index contributed by atoms with van der Waals surface area (Å²) < 4.78 is 5.65. The highest BCUT2D eigenvalue weighted by molar-refractivity contribution is 6.30. The molecule has 5 heteroatoms. The lowest BCUT2D eigenvalue weighted by Crippen LogP contribution is -2.38. The van der Waals surface area contributed by atoms with Crippen LogP contribution in [-0.4, -0.2) is 37.0 Å². The molecule has 0 saturated carbocycles. The van der Waals surface area contributed by atoms with Crippen LogP contribution in [0.2, 0.25) is 5.02 Å². The molecule has 4 nitrogen and oxygen atoms in total. The standard InChI is InChI=1S/C15H21ClN2O2/c16-13-4-5-14(12(10-13)6-7-17)20-11-15(19)18-8-2-1-3-9-18/h4-5,10H,1-3,6-9,11,17H2. The summed E-state index contributed by atoms with van der Waals surface area (Å²) in [6, 6.07) is 5.41. The predicted octanol–water partition coefficient (Wildman–Crippen LogP) is 2.23. The lowest BCUT2D eigenvalue weighted by atomic mass is 10.1. The molecule has 0 aliphatic carbocycles. The van der Waals surface area contributed by atoms with E-state index in [9.17, 15) is 4.79 Å². The summed E-state index contributed by atoms with van der Waals surface area (Å²) in [7, 11) is 0. The molecule has 0 spiro atoms. The zero-order chi connectivity index (χ0) is 14.4. The maximum atomic E-state index is 12.1. The molecule has 1 saturated heterocycles. The molecule has 0 aromatic heterocycles. The summed E-state index contributed by atoms with van der Waals surface area (Å²) in [5.41, 5.74) is 6.53. The number of nitrogens with two attached hydrogens (primary N) is 1. The van der Waals surface area contributed by atoms with E-state index in [1.54, 1.807) is 12.1 Å². The molecule has 0 unspecified atom stereocenters. The summed E-state index contributed by atoms with van der Waals surface area (Å²) in [6.45, 7) is 2.30. The number of carbonyl (C=O) groups is 1. The van der Waals surface area contributed by atoms with Gasteiger partial charge in [0.05, 0.1) is 0 Å². The minimum atomic E-state index is 0.0540. The number of carbonyl (C=O) groups excluding carboxylic acids is 1. The number of likely N-dealkylation sites (tertiary alicyclic amines) is 1. The first-order chi connectivity index (χ1) is 9.70. The van der Waals surface area contributed by atoms with Gasteiger partial charge in [-0.15, -0.1) is 0 Å². The first-order valence-corrected chi connectivity index (χ1v) is 7.47. The molecule has 110 valence electrons. The van der Waals surface area contributed by atoms with E-state index in [0.29, 0.717) is 23.7 Å². The van der Waals surface area contributed by atoms with Gasteiger partial charge in [0.25, 0.3) is 5.91 Å². The predicted molar refractivity (Wildman–Crippen MR) is 80.1 cm³/mol. The minimum absolute atomic E-state index is 0.0540. The van der Waals surface area contributed by atoms with Gasteiger partial charge in [-0.2, -0.15) is 0 Å². The van der Waals surface area contributed by atoms with Gasteiger partial charge in [0.1, 0.15) is 5.75 Å². The molecule has 0 atom stereocenters. The molecule has 1 fully saturated rings. The van der Waals surface area contributed by atoms with Gasteiger partial charge in [-0.25, -0.2) is 0 Å². The number of nitrogens with zero attached hydrogens (tertiary/aromatic N) is 1. The van der Waals surface area contributed by atoms with Gasteiger partial charge in [-0.05, 0) is 56.0 Å². The Morgan fingerprint density at radius 1 is 1.30 bits per heavy atom. The summed E-state index contributed by atoms with van der Waals surface area (Å²) in [5.74, 6) is 0.753. The zero-order valence-corrected chi connectivity index (χ0v) is 12.4. The average Bonchev–Trinajstić information content (AvgIpc) is 2.47. The third kappa shape index (κ3) is 4.12. The highest BCUT2D eigenvalue weighted by Crippen LogP contribution is 2.23. The van der Waals surface area contributed by atoms with E-state index in [1.165, 1.54) is 6.42 Å². The summed E-state index contributed by atoms with van der Waals surface area (Å²) in [5, 5.41) is 0.656. The molecule has 20 heavy (non-hydrogen) atoms. The maximum absolute atomic E-state index is 12.1. The topological polar surface area (TPSA) is 55.6 Å². The Balaban J connectivity index is 1.94. The van der Waals surface area contributed by atoms with Crippen LogP contribution in [0.25, 0.3) is 0 Å². The molecule has 2 N–H and O–H groups in total. The minimum Gasteiger partial charge on any atom is -0.483 e. The SMILES string of the molecule is NCCc1cc(Cl)ccc1OCC(=O)N1CCCCC1. The second-order valence-electron chi connectivity index (χ2n) is 5.02. The quantitative estimate of drug-likeness (QED) is 0.906. The first-order valence-electron chi connectivity index (χ1n) is 7.10. The fourth-order valence-corrected chi connectivity index (χ4v) is 2.61. The van der Waals surface area contributed by atoms with Crippen molar-refractivity contribution in [1.29, 1.82) is 0 Å². The third-order valence-electron chi connectivity index (χ3n) is 3.50. The second-order valence-corrected chi connectivity index (χ2v) is 5.46. The normalized spacial score (nSPS) is 15.2. The van der Waals surface area contributed by atoms with Crippen LogP contribution in [0.1, 0.15) is 24.8 Å². The van der Waals surface area contributed by atoms with Crippen molar-refractivity contribution in [3.8, 4) is 5.75 Å². The number of hydrogen-bond acceptors (Lipinski definition) is 3. The van der Waals surface area contributed by atoms with E-state index in [-0.39, 0.29) is 12.5 Å². The van der Waals surface area contributed by atoms with Crippen LogP contribution in [0.15, 0.2) is 18.2 Å². The van der Waals surface area contributed by atoms with Crippen molar-refractivity contribution >= 4 is 17.5 Å². The highest BCUT2D eigenvalue weighted by Gasteiger charge is 2.17. The third-order valence-corrected chi connectivity index (χ3v) is 3.73. The molecule has 1 amide bonds. The Hall–Kier alpha value is -1.26. The zero-order valence-electron chi connectivity index (χ0n) is 11.6. The largest absolute Gasteiger partial charge is 0.483 e. The maximum Gasteiger partial charge on any atom is 0.260 e. The Bertz CT molecular complexity index is 459. The van der Waals surface area contributed by atoms with Crippen LogP contribution in [0.3, 0.4) is 0 Å². The molecular formula is C15H21ClN2O2. The van der Waals surface area contributed by atoms with Crippen LogP contribution in [0.4, 0.5) is 0 Å². The van der Waals surface area contributed by atoms with E-state index in [0.717, 1.165) is 31.5 Å². The van der Waals surface area contributed by atoms with Gasteiger partial charge in [0.2, 0.25) is 0 Å². The van der Waals surface area contributed by atoms with Gasteiger partial charge in [-0.1, -0.05) is 11.6 Å². The highest BCUT2D eigenvalue weighted by atomic mass is 35.5. The van der Waals surface area contributed by atoms with Crippen LogP contribution >= 0.6 is 11.6 Å². The average molecular weight is 297 g/mol. The van der Waals surface area contributed by atoms with Crippen molar-refractivity contribution in [2.75, 3.05) is 26.2 Å². The molecule has 1 aromatic carbocycles. The molecule has 1 aromatic rings. The number of ether oxygens (including phenoxy) is 1. The molecule has 0 radical (unpaired) electrons. The van der Waals surface area contributed by atoms with E-state index in [2.05, 4.69) is 0 Å². The van der Waals surface area contributed by atoms with Crippen molar-refractivity contribution in [2.45, 2.75) is 25.7 Å². The Labute approximate surface area is 124 Å². The molecule has 1 aliphatic heterocycles. The fraction of sp³-hybridized carbons (Fsp3) is 0.533. The van der Waals surface area contributed by atoms with Gasteiger partial charge >= 0.3 is 0 Å². The van der Waals surface area contributed by atoms with Crippen molar-refractivity contribution in [1.82, 2.24) is 4.90 Å². The molecule has 1 heterocycles. The van der Waals surface area contributed by atoms with Gasteiger partial charge in [0.15, 0.2) is 6.61 Å². The van der Waals surface area contributed by atoms with E-state index in [1.807, 2.05) is 11.0 Å². The lowest BCUT2D eigenvalue weighted by molar-refractivity contribution is -0.134. The molecule has 2 rings (SSSR count). The Kier molecular flexibility index (Phi) is 5.68. The van der Waals surface area contributed by atoms with Crippen LogP contribution in [0, 0.1) is 0 Å². The van der Waals surface area contributed by atoms with Gasteiger partial charge in [-0.3, -0.25) is 4.79 Å². The van der Waals surface area contributed by atoms with E-state index < -0.39 is 0 Å². The second kappa shape index (κ2) is 7.50. The van der Waals surface area contributed by atoms with Crippen molar-refractivity contribution < 1.29 is 9.53 Å². The van der Waals surface area contributed by atoms with Crippen LogP contribution in [0.5, 0.6) is 5.75 Å². The van der Waals surface area contributed by atoms with Crippen molar-refractivity contribution in [2.24, 2.45) is 5.73 Å². The number of halogens is 1. The molecular weight excluding hydrogens is 276 g/mol. The van der Waals surface area contributed by atoms with Gasteiger partial charge < -0.3 is 15.4 Å². The number of rotatable bonds is 5. The fourth-order valence-electron chi connectivity index (χ4n) is 2.41. The summed E-state index contributed by atoms with van der Waals surface area (Å²) in [6.07, 6.45) is 4.08. The van der Waals surface area contributed by atoms with Crippen molar-refractivity contribution in [3.63, 3.8) is 0 Å². The molecule has 0 bridgehead atoms. The smallest absolute Gasteiger partial charge is 0.260 e. The summed E-state index contributed by atoms with van der Waals surface area (Å²) >= 11 is 5.97. The Morgan fingerprint density at radius 3 is 2.75 bits per heavy atom. The summed E-state index contributed by atoms with van der Waals surface area (Å²) in [4.78, 5) is 13.9. The first kappa shape index (κ1) is 15.1. The number of amides is 1.